The minimum absolute atomic E-state index is 0.0185. The second-order valence-electron chi connectivity index (χ2n) is 10.9. The van der Waals surface area contributed by atoms with Gasteiger partial charge in [-0.25, -0.2) is 0 Å². The zero-order valence-corrected chi connectivity index (χ0v) is 21.7. The number of piperidine rings is 1. The predicted molar refractivity (Wildman–Crippen MR) is 146 cm³/mol. The van der Waals surface area contributed by atoms with Gasteiger partial charge in [0.05, 0.1) is 12.5 Å². The Labute approximate surface area is 215 Å². The average molecular weight is 486 g/mol. The quantitative estimate of drug-likeness (QED) is 0.484. The lowest BCUT2D eigenvalue weighted by Gasteiger charge is -2.37. The minimum Gasteiger partial charge on any atom is -0.493 e. The molecule has 5 nitrogen and oxygen atoms in total. The molecule has 3 aromatic rings. The van der Waals surface area contributed by atoms with Crippen molar-refractivity contribution in [3.8, 4) is 5.75 Å². The van der Waals surface area contributed by atoms with E-state index in [0.29, 0.717) is 19.1 Å². The van der Waals surface area contributed by atoms with E-state index in [1.54, 1.807) is 0 Å². The highest BCUT2D eigenvalue weighted by atomic mass is 16.5. The molecule has 0 bridgehead atoms. The Balaban J connectivity index is 1.26. The molecular formula is C31H39N3O2. The highest BCUT2D eigenvalue weighted by molar-refractivity contribution is 5.83. The summed E-state index contributed by atoms with van der Waals surface area (Å²) in [6.07, 6.45) is 4.46. The molecule has 0 spiro atoms. The van der Waals surface area contributed by atoms with Gasteiger partial charge in [-0.05, 0) is 85.4 Å². The number of likely N-dealkylation sites (tertiary alicyclic amines) is 1. The summed E-state index contributed by atoms with van der Waals surface area (Å²) in [7, 11) is 4.06. The first-order valence-corrected chi connectivity index (χ1v) is 13.4. The smallest absolute Gasteiger partial charge is 0.224 e. The molecular weight excluding hydrogens is 446 g/mol. The zero-order chi connectivity index (χ0) is 24.9. The van der Waals surface area contributed by atoms with Crippen LogP contribution in [0, 0.1) is 11.8 Å². The molecule has 0 aromatic heterocycles. The van der Waals surface area contributed by atoms with Crippen LogP contribution in [-0.2, 0) is 24.2 Å². The van der Waals surface area contributed by atoms with Crippen LogP contribution in [0.1, 0.15) is 29.5 Å². The van der Waals surface area contributed by atoms with Crippen LogP contribution in [0.15, 0.2) is 60.7 Å². The molecule has 1 heterocycles. The van der Waals surface area contributed by atoms with Gasteiger partial charge >= 0.3 is 0 Å². The summed E-state index contributed by atoms with van der Waals surface area (Å²) in [5, 5.41) is 5.69. The second-order valence-corrected chi connectivity index (χ2v) is 10.9. The Hall–Kier alpha value is -2.89. The molecule has 1 aliphatic carbocycles. The Morgan fingerprint density at radius 1 is 1.00 bits per heavy atom. The highest BCUT2D eigenvalue weighted by Gasteiger charge is 2.32. The third-order valence-electron chi connectivity index (χ3n) is 7.62. The number of carbonyl (C=O) groups is 1. The van der Waals surface area contributed by atoms with Gasteiger partial charge in [0.2, 0.25) is 5.91 Å². The van der Waals surface area contributed by atoms with Crippen LogP contribution in [0.25, 0.3) is 10.8 Å². The van der Waals surface area contributed by atoms with Crippen molar-refractivity contribution < 1.29 is 9.53 Å². The molecule has 0 saturated carbocycles. The van der Waals surface area contributed by atoms with E-state index >= 15 is 0 Å². The van der Waals surface area contributed by atoms with Crippen molar-refractivity contribution in [1.82, 2.24) is 15.1 Å². The molecule has 1 amide bonds. The lowest BCUT2D eigenvalue weighted by atomic mass is 9.88. The number of carbonyl (C=O) groups excluding carboxylic acids is 1. The van der Waals surface area contributed by atoms with E-state index in [9.17, 15) is 4.79 Å². The molecule has 0 radical (unpaired) electrons. The van der Waals surface area contributed by atoms with E-state index in [0.717, 1.165) is 44.8 Å². The molecule has 36 heavy (non-hydrogen) atoms. The third-order valence-corrected chi connectivity index (χ3v) is 7.62. The Morgan fingerprint density at radius 3 is 2.69 bits per heavy atom. The average Bonchev–Trinajstić information content (AvgIpc) is 3.35. The topological polar surface area (TPSA) is 44.8 Å². The fraction of sp³-hybridized carbons (Fsp3) is 0.452. The standard InChI is InChI=1S/C31H39N3O2/c1-33(2)15-14-32-31(35)29-17-24(22-36-30-13-12-26-8-5-9-28(26)18-30)20-34(21-29)19-23-10-11-25-6-3-4-7-27(25)16-23/h3-4,6-7,10-13,16,18,24,29H,5,8-9,14-15,17,19-22H2,1-2H3,(H,32,35)/t24-,29+/m0/s1. The maximum Gasteiger partial charge on any atom is 0.224 e. The van der Waals surface area contributed by atoms with Crippen LogP contribution < -0.4 is 10.1 Å². The number of ether oxygens (including phenoxy) is 1. The van der Waals surface area contributed by atoms with E-state index in [-0.39, 0.29) is 11.8 Å². The maximum absolute atomic E-state index is 13.1. The molecule has 5 rings (SSSR count). The van der Waals surface area contributed by atoms with Crippen LogP contribution in [0.4, 0.5) is 0 Å². The fourth-order valence-electron chi connectivity index (χ4n) is 5.74. The second kappa shape index (κ2) is 11.4. The van der Waals surface area contributed by atoms with E-state index in [1.165, 1.54) is 40.3 Å². The fourth-order valence-corrected chi connectivity index (χ4v) is 5.74. The Bertz CT molecular complexity index is 1190. The van der Waals surface area contributed by atoms with Crippen LogP contribution in [0.2, 0.25) is 0 Å². The summed E-state index contributed by atoms with van der Waals surface area (Å²) < 4.78 is 6.30. The lowest BCUT2D eigenvalue weighted by molar-refractivity contribution is -0.127. The molecule has 5 heteroatoms. The number of rotatable bonds is 9. The number of aryl methyl sites for hydroxylation is 2. The van der Waals surface area contributed by atoms with Gasteiger partial charge in [-0.2, -0.15) is 0 Å². The van der Waals surface area contributed by atoms with Crippen molar-refractivity contribution in [3.05, 3.63) is 77.4 Å². The predicted octanol–water partition coefficient (Wildman–Crippen LogP) is 4.52. The molecule has 0 unspecified atom stereocenters. The Morgan fingerprint density at radius 2 is 1.83 bits per heavy atom. The van der Waals surface area contributed by atoms with Crippen molar-refractivity contribution in [3.63, 3.8) is 0 Å². The first-order valence-electron chi connectivity index (χ1n) is 13.4. The van der Waals surface area contributed by atoms with Gasteiger partial charge in [0.25, 0.3) is 0 Å². The number of amides is 1. The molecule has 1 fully saturated rings. The van der Waals surface area contributed by atoms with Crippen molar-refractivity contribution in [2.45, 2.75) is 32.2 Å². The number of fused-ring (bicyclic) bond motifs is 2. The van der Waals surface area contributed by atoms with Gasteiger partial charge in [0.1, 0.15) is 5.75 Å². The SMILES string of the molecule is CN(C)CCNC(=O)[C@@H]1C[C@H](COc2ccc3c(c2)CCC3)CN(Cc2ccc3ccccc3c2)C1. The van der Waals surface area contributed by atoms with Crippen molar-refractivity contribution in [2.75, 3.05) is 46.9 Å². The summed E-state index contributed by atoms with van der Waals surface area (Å²) in [5.74, 6) is 1.43. The molecule has 1 aliphatic heterocycles. The lowest BCUT2D eigenvalue weighted by Crippen LogP contribution is -2.48. The number of nitrogens with one attached hydrogen (secondary N) is 1. The van der Waals surface area contributed by atoms with Crippen molar-refractivity contribution >= 4 is 16.7 Å². The van der Waals surface area contributed by atoms with Crippen LogP contribution in [0.5, 0.6) is 5.75 Å². The first-order chi connectivity index (χ1) is 17.5. The number of nitrogens with zero attached hydrogens (tertiary/aromatic N) is 2. The summed E-state index contributed by atoms with van der Waals surface area (Å²) >= 11 is 0. The number of hydrogen-bond donors (Lipinski definition) is 1. The highest BCUT2D eigenvalue weighted by Crippen LogP contribution is 2.29. The number of benzene rings is 3. The van der Waals surface area contributed by atoms with Gasteiger partial charge in [0, 0.05) is 38.6 Å². The summed E-state index contributed by atoms with van der Waals surface area (Å²) in [6, 6.07) is 21.8. The molecule has 1 N–H and O–H groups in total. The van der Waals surface area contributed by atoms with Gasteiger partial charge in [-0.1, -0.05) is 42.5 Å². The Kier molecular flexibility index (Phi) is 7.88. The van der Waals surface area contributed by atoms with Gasteiger partial charge in [-0.3, -0.25) is 9.69 Å². The monoisotopic (exact) mass is 485 g/mol. The summed E-state index contributed by atoms with van der Waals surface area (Å²) in [5.41, 5.74) is 4.20. The van der Waals surface area contributed by atoms with E-state index in [1.807, 2.05) is 14.1 Å². The zero-order valence-electron chi connectivity index (χ0n) is 21.7. The largest absolute Gasteiger partial charge is 0.493 e. The van der Waals surface area contributed by atoms with Crippen LogP contribution >= 0.6 is 0 Å². The summed E-state index contributed by atoms with van der Waals surface area (Å²) in [6.45, 7) is 4.76. The van der Waals surface area contributed by atoms with Crippen molar-refractivity contribution in [1.29, 1.82) is 0 Å². The number of hydrogen-bond acceptors (Lipinski definition) is 4. The normalized spacial score (nSPS) is 20.0. The molecule has 3 aromatic carbocycles. The molecule has 1 saturated heterocycles. The van der Waals surface area contributed by atoms with Crippen molar-refractivity contribution in [2.24, 2.45) is 11.8 Å². The van der Waals surface area contributed by atoms with Gasteiger partial charge < -0.3 is 15.0 Å². The molecule has 2 atom stereocenters. The van der Waals surface area contributed by atoms with E-state index < -0.39 is 0 Å². The number of likely N-dealkylation sites (N-methyl/N-ethyl adjacent to an activating group) is 1. The van der Waals surface area contributed by atoms with Gasteiger partial charge in [0.15, 0.2) is 0 Å². The van der Waals surface area contributed by atoms with Crippen LogP contribution in [-0.4, -0.2) is 62.6 Å². The molecule has 2 aliphatic rings. The minimum atomic E-state index is -0.0185. The maximum atomic E-state index is 13.1. The first kappa shape index (κ1) is 24.8. The molecule has 190 valence electrons. The van der Waals surface area contributed by atoms with E-state index in [2.05, 4.69) is 75.8 Å². The summed E-state index contributed by atoms with van der Waals surface area (Å²) in [4.78, 5) is 17.6. The van der Waals surface area contributed by atoms with E-state index in [4.69, 9.17) is 4.74 Å². The van der Waals surface area contributed by atoms with Crippen LogP contribution in [0.3, 0.4) is 0 Å². The third kappa shape index (κ3) is 6.26. The van der Waals surface area contributed by atoms with Gasteiger partial charge in [-0.15, -0.1) is 0 Å².